The van der Waals surface area contributed by atoms with Gasteiger partial charge in [-0.05, 0) is 25.7 Å². The zero-order valence-electron chi connectivity index (χ0n) is 9.93. The van der Waals surface area contributed by atoms with Crippen molar-refractivity contribution in [2.45, 2.75) is 25.7 Å². The van der Waals surface area contributed by atoms with Crippen LogP contribution in [0.5, 0.6) is 0 Å². The maximum atomic E-state index is 12.2. The van der Waals surface area contributed by atoms with E-state index in [1.54, 1.807) is 4.90 Å². The number of piperidine rings is 1. The van der Waals surface area contributed by atoms with Crippen molar-refractivity contribution in [2.24, 2.45) is 11.8 Å². The summed E-state index contributed by atoms with van der Waals surface area (Å²) >= 11 is 0. The van der Waals surface area contributed by atoms with Crippen molar-refractivity contribution in [1.82, 2.24) is 4.90 Å². The van der Waals surface area contributed by atoms with Gasteiger partial charge in [-0.3, -0.25) is 9.59 Å². The first-order valence-corrected chi connectivity index (χ1v) is 6.28. The highest BCUT2D eigenvalue weighted by atomic mass is 16.5. The second kappa shape index (κ2) is 5.49. The van der Waals surface area contributed by atoms with E-state index in [4.69, 9.17) is 9.84 Å². The maximum Gasteiger partial charge on any atom is 0.308 e. The van der Waals surface area contributed by atoms with E-state index < -0.39 is 11.9 Å². The number of ether oxygens (including phenoxy) is 1. The third-order valence-corrected chi connectivity index (χ3v) is 3.59. The van der Waals surface area contributed by atoms with Crippen LogP contribution in [0.15, 0.2) is 0 Å². The van der Waals surface area contributed by atoms with Gasteiger partial charge in [0, 0.05) is 19.7 Å². The van der Waals surface area contributed by atoms with Crippen molar-refractivity contribution in [2.75, 3.05) is 26.3 Å². The van der Waals surface area contributed by atoms with Gasteiger partial charge < -0.3 is 14.7 Å². The SMILES string of the molecule is O=C(O)[C@H]1CCCN(C(=O)C2CCCOC2)C1. The van der Waals surface area contributed by atoms with Gasteiger partial charge in [0.05, 0.1) is 18.4 Å². The third kappa shape index (κ3) is 2.97. The summed E-state index contributed by atoms with van der Waals surface area (Å²) in [6.45, 7) is 2.29. The molecular weight excluding hydrogens is 222 g/mol. The molecule has 0 radical (unpaired) electrons. The summed E-state index contributed by atoms with van der Waals surface area (Å²) in [5, 5.41) is 8.99. The molecule has 1 unspecified atom stereocenters. The molecule has 5 heteroatoms. The molecule has 2 fully saturated rings. The molecule has 2 atom stereocenters. The van der Waals surface area contributed by atoms with E-state index in [1.165, 1.54) is 0 Å². The zero-order valence-corrected chi connectivity index (χ0v) is 9.93. The Balaban J connectivity index is 1.91. The predicted molar refractivity (Wildman–Crippen MR) is 60.5 cm³/mol. The number of likely N-dealkylation sites (tertiary alicyclic amines) is 1. The van der Waals surface area contributed by atoms with Crippen LogP contribution >= 0.6 is 0 Å². The molecule has 1 N–H and O–H groups in total. The van der Waals surface area contributed by atoms with E-state index in [1.807, 2.05) is 0 Å². The number of carbonyl (C=O) groups excluding carboxylic acids is 1. The van der Waals surface area contributed by atoms with E-state index in [0.717, 1.165) is 25.9 Å². The smallest absolute Gasteiger partial charge is 0.308 e. The Hall–Kier alpha value is -1.10. The molecule has 2 saturated heterocycles. The molecule has 0 aliphatic carbocycles. The van der Waals surface area contributed by atoms with E-state index in [2.05, 4.69) is 0 Å². The number of hydrogen-bond donors (Lipinski definition) is 1. The summed E-state index contributed by atoms with van der Waals surface area (Å²) in [6, 6.07) is 0. The number of carbonyl (C=O) groups is 2. The molecule has 1 amide bonds. The minimum absolute atomic E-state index is 0.0590. The zero-order chi connectivity index (χ0) is 12.3. The average molecular weight is 241 g/mol. The Labute approximate surface area is 101 Å². The lowest BCUT2D eigenvalue weighted by atomic mass is 9.95. The van der Waals surface area contributed by atoms with E-state index in [-0.39, 0.29) is 11.8 Å². The summed E-state index contributed by atoms with van der Waals surface area (Å²) in [6.07, 6.45) is 3.26. The Morgan fingerprint density at radius 2 is 1.94 bits per heavy atom. The highest BCUT2D eigenvalue weighted by Gasteiger charge is 2.32. The fourth-order valence-corrected chi connectivity index (χ4v) is 2.57. The summed E-state index contributed by atoms with van der Waals surface area (Å²) in [5.74, 6) is -1.16. The van der Waals surface area contributed by atoms with Crippen molar-refractivity contribution in [1.29, 1.82) is 0 Å². The van der Waals surface area contributed by atoms with Crippen LogP contribution in [0.25, 0.3) is 0 Å². The van der Waals surface area contributed by atoms with Gasteiger partial charge in [-0.1, -0.05) is 0 Å². The second-order valence-electron chi connectivity index (χ2n) is 4.88. The molecule has 0 bridgehead atoms. The largest absolute Gasteiger partial charge is 0.481 e. The van der Waals surface area contributed by atoms with Crippen LogP contribution in [0, 0.1) is 11.8 Å². The van der Waals surface area contributed by atoms with Gasteiger partial charge in [0.2, 0.25) is 5.91 Å². The number of hydrogen-bond acceptors (Lipinski definition) is 3. The topological polar surface area (TPSA) is 66.8 Å². The van der Waals surface area contributed by atoms with Crippen molar-refractivity contribution < 1.29 is 19.4 Å². The Bertz CT molecular complexity index is 299. The number of amides is 1. The highest BCUT2D eigenvalue weighted by molar-refractivity contribution is 5.80. The summed E-state index contributed by atoms with van der Waals surface area (Å²) in [7, 11) is 0. The molecule has 2 heterocycles. The van der Waals surface area contributed by atoms with Crippen molar-refractivity contribution in [3.05, 3.63) is 0 Å². The Morgan fingerprint density at radius 3 is 2.59 bits per heavy atom. The lowest BCUT2D eigenvalue weighted by molar-refractivity contribution is -0.148. The van der Waals surface area contributed by atoms with Crippen LogP contribution in [-0.2, 0) is 14.3 Å². The van der Waals surface area contributed by atoms with Crippen LogP contribution in [0.4, 0.5) is 0 Å². The van der Waals surface area contributed by atoms with Gasteiger partial charge in [-0.2, -0.15) is 0 Å². The molecule has 0 spiro atoms. The lowest BCUT2D eigenvalue weighted by Crippen LogP contribution is -2.46. The van der Waals surface area contributed by atoms with Gasteiger partial charge in [0.1, 0.15) is 0 Å². The van der Waals surface area contributed by atoms with Crippen LogP contribution in [0.1, 0.15) is 25.7 Å². The summed E-state index contributed by atoms with van der Waals surface area (Å²) in [5.41, 5.74) is 0. The van der Waals surface area contributed by atoms with Crippen LogP contribution in [0.2, 0.25) is 0 Å². The van der Waals surface area contributed by atoms with Gasteiger partial charge >= 0.3 is 5.97 Å². The molecule has 17 heavy (non-hydrogen) atoms. The normalized spacial score (nSPS) is 30.0. The van der Waals surface area contributed by atoms with Crippen molar-refractivity contribution in [3.8, 4) is 0 Å². The lowest BCUT2D eigenvalue weighted by Gasteiger charge is -2.34. The van der Waals surface area contributed by atoms with E-state index >= 15 is 0 Å². The number of rotatable bonds is 2. The highest BCUT2D eigenvalue weighted by Crippen LogP contribution is 2.22. The van der Waals surface area contributed by atoms with Crippen LogP contribution in [0.3, 0.4) is 0 Å². The van der Waals surface area contributed by atoms with Gasteiger partial charge in [-0.15, -0.1) is 0 Å². The minimum Gasteiger partial charge on any atom is -0.481 e. The molecular formula is C12H19NO4. The predicted octanol–water partition coefficient (Wildman–Crippen LogP) is 0.736. The van der Waals surface area contributed by atoms with Gasteiger partial charge in [0.15, 0.2) is 0 Å². The number of nitrogens with zero attached hydrogens (tertiary/aromatic N) is 1. The van der Waals surface area contributed by atoms with Gasteiger partial charge in [-0.25, -0.2) is 0 Å². The van der Waals surface area contributed by atoms with Gasteiger partial charge in [0.25, 0.3) is 0 Å². The van der Waals surface area contributed by atoms with Crippen molar-refractivity contribution >= 4 is 11.9 Å². The summed E-state index contributed by atoms with van der Waals surface area (Å²) in [4.78, 5) is 24.8. The third-order valence-electron chi connectivity index (χ3n) is 3.59. The molecule has 5 nitrogen and oxygen atoms in total. The van der Waals surface area contributed by atoms with E-state index in [9.17, 15) is 9.59 Å². The number of carboxylic acids is 1. The fraction of sp³-hybridized carbons (Fsp3) is 0.833. The molecule has 2 aliphatic heterocycles. The second-order valence-corrected chi connectivity index (χ2v) is 4.88. The first-order chi connectivity index (χ1) is 8.18. The van der Waals surface area contributed by atoms with Crippen LogP contribution < -0.4 is 0 Å². The first kappa shape index (κ1) is 12.4. The molecule has 0 aromatic carbocycles. The quantitative estimate of drug-likeness (QED) is 0.774. The molecule has 0 aromatic rings. The van der Waals surface area contributed by atoms with Crippen molar-refractivity contribution in [3.63, 3.8) is 0 Å². The van der Waals surface area contributed by atoms with E-state index in [0.29, 0.717) is 26.1 Å². The standard InChI is InChI=1S/C12H19NO4/c14-11(10-4-2-6-17-8-10)13-5-1-3-9(7-13)12(15)16/h9-10H,1-8H2,(H,15,16)/t9-,10?/m0/s1. The molecule has 2 rings (SSSR count). The first-order valence-electron chi connectivity index (χ1n) is 6.28. The maximum absolute atomic E-state index is 12.2. The Morgan fingerprint density at radius 1 is 1.18 bits per heavy atom. The Kier molecular flexibility index (Phi) is 3.99. The molecule has 2 aliphatic rings. The van der Waals surface area contributed by atoms with Crippen LogP contribution in [-0.4, -0.2) is 48.2 Å². The fourth-order valence-electron chi connectivity index (χ4n) is 2.57. The number of carboxylic acid groups (broad SMARTS) is 1. The minimum atomic E-state index is -0.789. The monoisotopic (exact) mass is 241 g/mol. The average Bonchev–Trinajstić information content (AvgIpc) is 2.39. The molecule has 0 saturated carbocycles. The molecule has 0 aromatic heterocycles. The molecule has 96 valence electrons. The number of aliphatic carboxylic acids is 1. The summed E-state index contributed by atoms with van der Waals surface area (Å²) < 4.78 is 5.30.